The summed E-state index contributed by atoms with van der Waals surface area (Å²) < 4.78 is 0. The van der Waals surface area contributed by atoms with Crippen molar-refractivity contribution in [3.05, 3.63) is 10.1 Å². The van der Waals surface area contributed by atoms with Crippen LogP contribution in [0.5, 0.6) is 0 Å². The van der Waals surface area contributed by atoms with Gasteiger partial charge in [-0.1, -0.05) is 0 Å². The highest BCUT2D eigenvalue weighted by Crippen LogP contribution is 2.25. The van der Waals surface area contributed by atoms with Crippen molar-refractivity contribution < 1.29 is 19.5 Å². The molecule has 108 valence electrons. The molecule has 0 atom stereocenters. The van der Waals surface area contributed by atoms with Gasteiger partial charge in [0, 0.05) is 19.4 Å². The van der Waals surface area contributed by atoms with E-state index >= 15 is 0 Å². The highest BCUT2D eigenvalue weighted by Gasteiger charge is 2.23. The quantitative estimate of drug-likeness (QED) is 0.504. The van der Waals surface area contributed by atoms with Crippen molar-refractivity contribution in [1.29, 1.82) is 0 Å². The molecule has 0 aliphatic heterocycles. The minimum absolute atomic E-state index is 0.0508. The van der Waals surface area contributed by atoms with Gasteiger partial charge in [0.15, 0.2) is 0 Å². The van der Waals surface area contributed by atoms with Crippen molar-refractivity contribution >= 4 is 11.8 Å². The molecule has 0 aromatic carbocycles. The SMILES string of the molecule is NC(=O)CCC(=O)NCC1CCC(O[N+](=O)[O-])CC1. The molecule has 3 N–H and O–H groups in total. The van der Waals surface area contributed by atoms with Gasteiger partial charge in [0.2, 0.25) is 11.8 Å². The maximum Gasteiger partial charge on any atom is 0.294 e. The van der Waals surface area contributed by atoms with Gasteiger partial charge >= 0.3 is 0 Å². The normalized spacial score (nSPS) is 22.5. The molecule has 0 radical (unpaired) electrons. The van der Waals surface area contributed by atoms with E-state index in [2.05, 4.69) is 10.2 Å². The Balaban J connectivity index is 2.14. The van der Waals surface area contributed by atoms with E-state index in [0.29, 0.717) is 25.3 Å². The molecule has 1 aliphatic rings. The van der Waals surface area contributed by atoms with Crippen LogP contribution in [0, 0.1) is 16.0 Å². The molecular formula is C11H19N3O5. The van der Waals surface area contributed by atoms with E-state index in [-0.39, 0.29) is 24.9 Å². The zero-order chi connectivity index (χ0) is 14.3. The Morgan fingerprint density at radius 2 is 1.89 bits per heavy atom. The van der Waals surface area contributed by atoms with Crippen LogP contribution in [-0.4, -0.2) is 29.5 Å². The van der Waals surface area contributed by atoms with Gasteiger partial charge in [-0.3, -0.25) is 9.59 Å². The Morgan fingerprint density at radius 1 is 1.26 bits per heavy atom. The molecule has 2 amide bonds. The second-order valence-electron chi connectivity index (χ2n) is 4.74. The molecule has 0 aromatic rings. The Hall–Kier alpha value is -1.86. The van der Waals surface area contributed by atoms with Gasteiger partial charge < -0.3 is 15.9 Å². The van der Waals surface area contributed by atoms with E-state index in [1.54, 1.807) is 0 Å². The lowest BCUT2D eigenvalue weighted by Crippen LogP contribution is -2.33. The van der Waals surface area contributed by atoms with E-state index in [9.17, 15) is 19.7 Å². The van der Waals surface area contributed by atoms with E-state index in [1.165, 1.54) is 0 Å². The standard InChI is InChI=1S/C11H19N3O5/c12-10(15)5-6-11(16)13-7-8-1-3-9(4-2-8)19-14(17)18/h8-9H,1-7H2,(H2,12,15)(H,13,16). The second-order valence-corrected chi connectivity index (χ2v) is 4.74. The van der Waals surface area contributed by atoms with Crippen LogP contribution in [0.3, 0.4) is 0 Å². The van der Waals surface area contributed by atoms with Crippen LogP contribution in [0.4, 0.5) is 0 Å². The predicted octanol–water partition coefficient (Wildman–Crippen LogP) is 0.135. The largest absolute Gasteiger partial charge is 0.370 e. The molecule has 1 rings (SSSR count). The molecule has 0 saturated heterocycles. The molecule has 1 aliphatic carbocycles. The first kappa shape index (κ1) is 15.2. The van der Waals surface area contributed by atoms with Gasteiger partial charge in [0.1, 0.15) is 6.10 Å². The monoisotopic (exact) mass is 273 g/mol. The minimum Gasteiger partial charge on any atom is -0.370 e. The fourth-order valence-electron chi connectivity index (χ4n) is 2.15. The van der Waals surface area contributed by atoms with Crippen LogP contribution in [0.1, 0.15) is 38.5 Å². The van der Waals surface area contributed by atoms with Gasteiger partial charge in [0.25, 0.3) is 5.09 Å². The van der Waals surface area contributed by atoms with Crippen molar-refractivity contribution in [2.75, 3.05) is 6.54 Å². The highest BCUT2D eigenvalue weighted by atomic mass is 17.0. The van der Waals surface area contributed by atoms with Crippen LogP contribution in [0.2, 0.25) is 0 Å². The van der Waals surface area contributed by atoms with E-state index in [1.807, 2.05) is 0 Å². The molecule has 0 spiro atoms. The number of hydrogen-bond acceptors (Lipinski definition) is 5. The van der Waals surface area contributed by atoms with E-state index < -0.39 is 11.0 Å². The van der Waals surface area contributed by atoms with Gasteiger partial charge in [-0.2, -0.15) is 0 Å². The topological polar surface area (TPSA) is 125 Å². The average Bonchev–Trinajstić information content (AvgIpc) is 2.35. The summed E-state index contributed by atoms with van der Waals surface area (Å²) in [5, 5.41) is 12.2. The minimum atomic E-state index is -0.753. The number of nitrogens with zero attached hydrogens (tertiary/aromatic N) is 1. The summed E-state index contributed by atoms with van der Waals surface area (Å²) in [6.45, 7) is 0.531. The first-order valence-electron chi connectivity index (χ1n) is 6.33. The van der Waals surface area contributed by atoms with E-state index in [0.717, 1.165) is 12.8 Å². The molecule has 0 unspecified atom stereocenters. The number of carbonyl (C=O) groups excluding carboxylic acids is 2. The fraction of sp³-hybridized carbons (Fsp3) is 0.818. The smallest absolute Gasteiger partial charge is 0.294 e. The zero-order valence-electron chi connectivity index (χ0n) is 10.7. The molecule has 0 aromatic heterocycles. The number of primary amides is 1. The Labute approximate surface area is 110 Å². The second kappa shape index (κ2) is 7.55. The number of rotatable bonds is 7. The Kier molecular flexibility index (Phi) is 6.04. The molecular weight excluding hydrogens is 254 g/mol. The number of hydrogen-bond donors (Lipinski definition) is 2. The maximum atomic E-state index is 11.4. The third kappa shape index (κ3) is 6.58. The van der Waals surface area contributed by atoms with Crippen molar-refractivity contribution in [2.45, 2.75) is 44.6 Å². The summed E-state index contributed by atoms with van der Waals surface area (Å²) in [5.41, 5.74) is 4.95. The third-order valence-electron chi connectivity index (χ3n) is 3.22. The first-order valence-corrected chi connectivity index (χ1v) is 6.33. The van der Waals surface area contributed by atoms with Crippen molar-refractivity contribution in [3.63, 3.8) is 0 Å². The van der Waals surface area contributed by atoms with Crippen molar-refractivity contribution in [3.8, 4) is 0 Å². The predicted molar refractivity (Wildman–Crippen MR) is 65.3 cm³/mol. The van der Waals surface area contributed by atoms with Gasteiger partial charge in [-0.15, -0.1) is 10.1 Å². The molecule has 8 heteroatoms. The van der Waals surface area contributed by atoms with Crippen molar-refractivity contribution in [2.24, 2.45) is 11.7 Å². The van der Waals surface area contributed by atoms with Gasteiger partial charge in [-0.25, -0.2) is 0 Å². The number of nitrogens with two attached hydrogens (primary N) is 1. The highest BCUT2D eigenvalue weighted by molar-refractivity contribution is 5.82. The number of nitrogens with one attached hydrogen (secondary N) is 1. The zero-order valence-corrected chi connectivity index (χ0v) is 10.7. The van der Waals surface area contributed by atoms with E-state index in [4.69, 9.17) is 5.73 Å². The van der Waals surface area contributed by atoms with Crippen LogP contribution < -0.4 is 11.1 Å². The van der Waals surface area contributed by atoms with Crippen LogP contribution in [-0.2, 0) is 14.4 Å². The molecule has 19 heavy (non-hydrogen) atoms. The van der Waals surface area contributed by atoms with Gasteiger partial charge in [-0.05, 0) is 31.6 Å². The van der Waals surface area contributed by atoms with Crippen molar-refractivity contribution in [1.82, 2.24) is 5.32 Å². The lowest BCUT2D eigenvalue weighted by atomic mass is 9.87. The number of amides is 2. The average molecular weight is 273 g/mol. The van der Waals surface area contributed by atoms with Crippen LogP contribution >= 0.6 is 0 Å². The summed E-state index contributed by atoms with van der Waals surface area (Å²) in [7, 11) is 0. The number of carbonyl (C=O) groups is 2. The maximum absolute atomic E-state index is 11.4. The molecule has 0 bridgehead atoms. The Morgan fingerprint density at radius 3 is 2.42 bits per heavy atom. The summed E-state index contributed by atoms with van der Waals surface area (Å²) in [5.74, 6) is -0.376. The molecule has 1 fully saturated rings. The van der Waals surface area contributed by atoms with Crippen LogP contribution in [0.25, 0.3) is 0 Å². The fourth-order valence-corrected chi connectivity index (χ4v) is 2.15. The lowest BCUT2D eigenvalue weighted by Gasteiger charge is -2.27. The summed E-state index contributed by atoms with van der Waals surface area (Å²) >= 11 is 0. The van der Waals surface area contributed by atoms with Crippen LogP contribution in [0.15, 0.2) is 0 Å². The molecule has 1 saturated carbocycles. The third-order valence-corrected chi connectivity index (χ3v) is 3.22. The molecule has 0 heterocycles. The lowest BCUT2D eigenvalue weighted by molar-refractivity contribution is -0.769. The summed E-state index contributed by atoms with van der Waals surface area (Å²) in [6.07, 6.45) is 2.66. The van der Waals surface area contributed by atoms with Gasteiger partial charge in [0.05, 0.1) is 0 Å². The Bertz CT molecular complexity index is 339. The first-order chi connectivity index (χ1) is 8.97. The summed E-state index contributed by atoms with van der Waals surface area (Å²) in [4.78, 5) is 36.6. The molecule has 8 nitrogen and oxygen atoms in total. The summed E-state index contributed by atoms with van der Waals surface area (Å²) in [6, 6.07) is 0.